The summed E-state index contributed by atoms with van der Waals surface area (Å²) in [4.78, 5) is 26.5. The topological polar surface area (TPSA) is 60.6 Å². The van der Waals surface area contributed by atoms with Crippen molar-refractivity contribution in [1.29, 1.82) is 0 Å². The van der Waals surface area contributed by atoms with E-state index in [0.29, 0.717) is 24.9 Å². The van der Waals surface area contributed by atoms with E-state index in [1.807, 2.05) is 12.1 Å². The van der Waals surface area contributed by atoms with Gasteiger partial charge < -0.3 is 10.0 Å². The van der Waals surface area contributed by atoms with Crippen molar-refractivity contribution >= 4 is 39.4 Å². The molecule has 0 fully saturated rings. The van der Waals surface area contributed by atoms with Crippen LogP contribution in [0.5, 0.6) is 0 Å². The van der Waals surface area contributed by atoms with Gasteiger partial charge in [0.2, 0.25) is 0 Å². The molecule has 2 aliphatic heterocycles. The summed E-state index contributed by atoms with van der Waals surface area (Å²) in [6, 6.07) is 5.07. The van der Waals surface area contributed by atoms with Crippen LogP contribution in [0.25, 0.3) is 0 Å². The van der Waals surface area contributed by atoms with E-state index in [1.165, 1.54) is 11.6 Å². The zero-order valence-corrected chi connectivity index (χ0v) is 12.9. The molecule has 21 heavy (non-hydrogen) atoms. The van der Waals surface area contributed by atoms with Gasteiger partial charge in [-0.15, -0.1) is 4.58 Å². The van der Waals surface area contributed by atoms with Gasteiger partial charge >= 0.3 is 11.8 Å². The maximum atomic E-state index is 12.5. The second kappa shape index (κ2) is 5.35. The van der Waals surface area contributed by atoms with Crippen molar-refractivity contribution in [2.24, 2.45) is 0 Å². The van der Waals surface area contributed by atoms with Crippen molar-refractivity contribution in [3.63, 3.8) is 0 Å². The molecule has 1 N–H and O–H groups in total. The molecule has 0 aromatic heterocycles. The largest absolute Gasteiger partial charge is 0.462 e. The zero-order valence-electron chi connectivity index (χ0n) is 11.4. The first-order valence-corrected chi connectivity index (χ1v) is 8.22. The number of aliphatic hydroxyl groups is 1. The monoisotopic (exact) mass is 325 g/mol. The molecular weight excluding hydrogens is 312 g/mol. The molecule has 0 saturated carbocycles. The number of hydrogen-bond acceptors (Lipinski definition) is 3. The van der Waals surface area contributed by atoms with Gasteiger partial charge in [-0.1, -0.05) is 6.07 Å². The second-order valence-corrected chi connectivity index (χ2v) is 6.28. The number of rotatable bonds is 2. The Balaban J connectivity index is 1.93. The van der Waals surface area contributed by atoms with E-state index < -0.39 is 6.04 Å². The smallest absolute Gasteiger partial charge is 0.389 e. The highest BCUT2D eigenvalue weighted by Gasteiger charge is 2.42. The van der Waals surface area contributed by atoms with E-state index in [9.17, 15) is 14.7 Å². The molecule has 5 nitrogen and oxygen atoms in total. The summed E-state index contributed by atoms with van der Waals surface area (Å²) in [6.45, 7) is 0.443. The molecule has 0 aliphatic carbocycles. The molecule has 1 atom stereocenters. The van der Waals surface area contributed by atoms with Crippen LogP contribution in [0.3, 0.4) is 0 Å². The van der Waals surface area contributed by atoms with E-state index in [-0.39, 0.29) is 17.7 Å². The first kappa shape index (κ1) is 14.4. The number of hydrogen-bond donors (Lipinski definition) is 1. The number of nitrogens with zero attached hydrogens (tertiary/aromatic N) is 2. The molecule has 0 spiro atoms. The summed E-state index contributed by atoms with van der Waals surface area (Å²) in [5.74, 6) is -0.315. The Morgan fingerprint density at radius 3 is 2.90 bits per heavy atom. The predicted molar refractivity (Wildman–Crippen MR) is 79.9 cm³/mol. The van der Waals surface area contributed by atoms with E-state index in [2.05, 4.69) is 0 Å². The van der Waals surface area contributed by atoms with Crippen molar-refractivity contribution in [2.45, 2.75) is 30.3 Å². The predicted octanol–water partition coefficient (Wildman–Crippen LogP) is 2.18. The number of amides is 2. The van der Waals surface area contributed by atoms with Gasteiger partial charge in [-0.05, 0) is 45.8 Å². The van der Waals surface area contributed by atoms with Crippen molar-refractivity contribution in [3.8, 4) is 0 Å². The van der Waals surface area contributed by atoms with E-state index in [0.717, 1.165) is 21.4 Å². The Kier molecular flexibility index (Phi) is 3.67. The lowest BCUT2D eigenvalue weighted by molar-refractivity contribution is -0.434. The summed E-state index contributed by atoms with van der Waals surface area (Å²) in [5, 5.41) is 10.2. The standard InChI is InChI=1S/C14H13ClN2O3S/c1-16-12(18)5-4-11(14(16)20)17-7-8-2-3-9(21-15)6-10(8)13(17)19/h2-3,6,11H,4-5,7H2,1H3/p+1. The SMILES string of the molecule is C[N+]1=C(O)C(N2Cc3ccc(SCl)cc3C2=O)CCC1=O. The van der Waals surface area contributed by atoms with Gasteiger partial charge in [0.15, 0.2) is 6.04 Å². The van der Waals surface area contributed by atoms with Gasteiger partial charge in [-0.25, -0.2) is 4.79 Å². The summed E-state index contributed by atoms with van der Waals surface area (Å²) in [6.07, 6.45) is 0.778. The highest BCUT2D eigenvalue weighted by atomic mass is 35.7. The lowest BCUT2D eigenvalue weighted by atomic mass is 10.1. The number of fused-ring (bicyclic) bond motifs is 1. The maximum absolute atomic E-state index is 12.5. The first-order valence-electron chi connectivity index (χ1n) is 6.57. The third kappa shape index (κ3) is 2.32. The average Bonchev–Trinajstić information content (AvgIpc) is 2.81. The molecule has 0 bridgehead atoms. The van der Waals surface area contributed by atoms with Crippen molar-refractivity contribution in [1.82, 2.24) is 4.90 Å². The Bertz CT molecular complexity index is 674. The number of carbonyl (C=O) groups excluding carboxylic acids is 2. The van der Waals surface area contributed by atoms with Crippen LogP contribution >= 0.6 is 21.7 Å². The lowest BCUT2D eigenvalue weighted by Crippen LogP contribution is -2.48. The molecule has 7 heteroatoms. The van der Waals surface area contributed by atoms with Gasteiger partial charge in [0.1, 0.15) is 7.05 Å². The number of benzene rings is 1. The maximum Gasteiger partial charge on any atom is 0.389 e. The fraction of sp³-hybridized carbons (Fsp3) is 0.357. The molecule has 110 valence electrons. The molecule has 3 rings (SSSR count). The third-order valence-electron chi connectivity index (χ3n) is 4.03. The molecule has 1 unspecified atom stereocenters. The highest BCUT2D eigenvalue weighted by Crippen LogP contribution is 2.31. The lowest BCUT2D eigenvalue weighted by Gasteiger charge is -2.26. The Morgan fingerprint density at radius 2 is 2.19 bits per heavy atom. The van der Waals surface area contributed by atoms with Gasteiger partial charge in [0, 0.05) is 17.0 Å². The Labute approximate surface area is 130 Å². The summed E-state index contributed by atoms with van der Waals surface area (Å²) in [5.41, 5.74) is 1.54. The zero-order chi connectivity index (χ0) is 15.1. The minimum atomic E-state index is -0.445. The van der Waals surface area contributed by atoms with Gasteiger partial charge in [0.25, 0.3) is 5.91 Å². The van der Waals surface area contributed by atoms with Crippen LogP contribution in [0.1, 0.15) is 28.8 Å². The van der Waals surface area contributed by atoms with Crippen LogP contribution < -0.4 is 0 Å². The molecule has 1 aromatic rings. The summed E-state index contributed by atoms with van der Waals surface area (Å²) < 4.78 is 1.23. The average molecular weight is 326 g/mol. The van der Waals surface area contributed by atoms with Gasteiger partial charge in [0.05, 0.1) is 6.42 Å². The van der Waals surface area contributed by atoms with E-state index in [4.69, 9.17) is 10.7 Å². The van der Waals surface area contributed by atoms with Crippen LogP contribution in [0, 0.1) is 0 Å². The molecule has 1 aromatic carbocycles. The van der Waals surface area contributed by atoms with Crippen LogP contribution in [-0.2, 0) is 11.3 Å². The van der Waals surface area contributed by atoms with Crippen LogP contribution in [0.4, 0.5) is 0 Å². The quantitative estimate of drug-likeness (QED) is 0.847. The normalized spacial score (nSPS) is 22.0. The van der Waals surface area contributed by atoms with Crippen LogP contribution in [0.15, 0.2) is 23.1 Å². The van der Waals surface area contributed by atoms with E-state index in [1.54, 1.807) is 11.0 Å². The Hall–Kier alpha value is -1.53. The molecule has 0 radical (unpaired) electrons. The number of aliphatic hydroxyl groups excluding tert-OH is 1. The minimum Gasteiger partial charge on any atom is -0.462 e. The Morgan fingerprint density at radius 1 is 1.43 bits per heavy atom. The second-order valence-electron chi connectivity index (χ2n) is 5.19. The van der Waals surface area contributed by atoms with Crippen molar-refractivity contribution < 1.29 is 19.3 Å². The summed E-state index contributed by atoms with van der Waals surface area (Å²) >= 11 is 0. The summed E-state index contributed by atoms with van der Waals surface area (Å²) in [7, 11) is 8.32. The third-order valence-corrected chi connectivity index (χ3v) is 4.99. The first-order chi connectivity index (χ1) is 10.0. The van der Waals surface area contributed by atoms with E-state index >= 15 is 0 Å². The number of carbonyl (C=O) groups is 2. The van der Waals surface area contributed by atoms with Gasteiger partial charge in [-0.2, -0.15) is 0 Å². The molecule has 2 amide bonds. The van der Waals surface area contributed by atoms with Crippen molar-refractivity contribution in [3.05, 3.63) is 29.3 Å². The van der Waals surface area contributed by atoms with Crippen LogP contribution in [-0.4, -0.2) is 45.4 Å². The molecule has 0 saturated heterocycles. The fourth-order valence-corrected chi connectivity index (χ4v) is 3.38. The fourth-order valence-electron chi connectivity index (χ4n) is 2.81. The molecule has 2 aliphatic rings. The number of halogens is 1. The minimum absolute atomic E-state index is 0.0562. The van der Waals surface area contributed by atoms with Crippen molar-refractivity contribution in [2.75, 3.05) is 7.05 Å². The molecule has 2 heterocycles. The molecular formula is C14H14ClN2O3S+. The van der Waals surface area contributed by atoms with Crippen LogP contribution in [0.2, 0.25) is 0 Å². The van der Waals surface area contributed by atoms with Gasteiger partial charge in [-0.3, -0.25) is 4.79 Å². The highest BCUT2D eigenvalue weighted by molar-refractivity contribution is 8.21.